The fourth-order valence-electron chi connectivity index (χ4n) is 2.17. The summed E-state index contributed by atoms with van der Waals surface area (Å²) in [6.07, 6.45) is 2.54. The van der Waals surface area contributed by atoms with E-state index in [-0.39, 0.29) is 18.9 Å². The summed E-state index contributed by atoms with van der Waals surface area (Å²) in [7, 11) is 0. The van der Waals surface area contributed by atoms with Gasteiger partial charge >= 0.3 is 5.97 Å². The van der Waals surface area contributed by atoms with Gasteiger partial charge in [-0.25, -0.2) is 0 Å². The van der Waals surface area contributed by atoms with Crippen molar-refractivity contribution in [1.29, 1.82) is 0 Å². The predicted octanol–water partition coefficient (Wildman–Crippen LogP) is 3.27. The van der Waals surface area contributed by atoms with Gasteiger partial charge in [0.25, 0.3) is 5.91 Å². The van der Waals surface area contributed by atoms with Crippen LogP contribution in [0.4, 0.5) is 0 Å². The van der Waals surface area contributed by atoms with E-state index in [1.54, 1.807) is 17.2 Å². The monoisotopic (exact) mass is 314 g/mol. The van der Waals surface area contributed by atoms with Crippen molar-refractivity contribution in [3.05, 3.63) is 23.0 Å². The lowest BCUT2D eigenvalue weighted by Crippen LogP contribution is -2.47. The van der Waals surface area contributed by atoms with E-state index in [9.17, 15) is 9.59 Å². The highest BCUT2D eigenvalue weighted by Crippen LogP contribution is 2.21. The number of amides is 1. The third-order valence-electron chi connectivity index (χ3n) is 3.15. The minimum absolute atomic E-state index is 0.0781. The molecule has 1 heterocycles. The summed E-state index contributed by atoms with van der Waals surface area (Å²) in [6, 6.07) is 1.64. The number of nitrogens with zero attached hydrogens (tertiary/aromatic N) is 2. The maximum Gasteiger partial charge on any atom is 0.305 e. The van der Waals surface area contributed by atoms with Gasteiger partial charge in [0.1, 0.15) is 5.69 Å². The van der Waals surface area contributed by atoms with Crippen molar-refractivity contribution in [3.63, 3.8) is 0 Å². The zero-order valence-corrected chi connectivity index (χ0v) is 13.8. The summed E-state index contributed by atoms with van der Waals surface area (Å²) in [5.41, 5.74) is 0.0440. The van der Waals surface area contributed by atoms with E-state index in [4.69, 9.17) is 16.7 Å². The molecular formula is C15H23ClN2O3. The van der Waals surface area contributed by atoms with Gasteiger partial charge in [0, 0.05) is 24.8 Å². The van der Waals surface area contributed by atoms with Gasteiger partial charge in [-0.3, -0.25) is 9.59 Å². The Bertz CT molecular complexity index is 517. The Morgan fingerprint density at radius 2 is 2.00 bits per heavy atom. The van der Waals surface area contributed by atoms with Crippen LogP contribution in [0.1, 0.15) is 51.0 Å². The summed E-state index contributed by atoms with van der Waals surface area (Å²) in [4.78, 5) is 25.1. The number of halogens is 1. The lowest BCUT2D eigenvalue weighted by molar-refractivity contribution is -0.137. The number of carboxylic acid groups (broad SMARTS) is 1. The Labute approximate surface area is 130 Å². The van der Waals surface area contributed by atoms with Gasteiger partial charge in [-0.2, -0.15) is 0 Å². The van der Waals surface area contributed by atoms with Gasteiger partial charge in [0.2, 0.25) is 0 Å². The molecule has 0 aromatic carbocycles. The average molecular weight is 315 g/mol. The molecule has 0 atom stereocenters. The Morgan fingerprint density at radius 1 is 1.38 bits per heavy atom. The van der Waals surface area contributed by atoms with E-state index < -0.39 is 11.5 Å². The van der Waals surface area contributed by atoms with Gasteiger partial charge in [-0.15, -0.1) is 0 Å². The molecule has 1 aromatic rings. The third-order valence-corrected chi connectivity index (χ3v) is 3.36. The number of rotatable bonds is 6. The second kappa shape index (κ2) is 6.98. The molecular weight excluding hydrogens is 292 g/mol. The highest BCUT2D eigenvalue weighted by molar-refractivity contribution is 6.31. The van der Waals surface area contributed by atoms with E-state index in [0.717, 1.165) is 6.42 Å². The summed E-state index contributed by atoms with van der Waals surface area (Å²) < 4.78 is 1.82. The summed E-state index contributed by atoms with van der Waals surface area (Å²) in [6.45, 7) is 8.57. The largest absolute Gasteiger partial charge is 0.481 e. The number of carboxylic acids is 1. The highest BCUT2D eigenvalue weighted by Gasteiger charge is 2.29. The van der Waals surface area contributed by atoms with Crippen LogP contribution in [0.25, 0.3) is 0 Å². The lowest BCUT2D eigenvalue weighted by Gasteiger charge is -2.35. The molecule has 1 rings (SSSR count). The first-order valence-corrected chi connectivity index (χ1v) is 7.44. The minimum atomic E-state index is -0.918. The SMILES string of the molecule is CCCn1cc(Cl)cc1C(=O)N(CCC(=O)O)C(C)(C)C. The highest BCUT2D eigenvalue weighted by atomic mass is 35.5. The number of aromatic nitrogens is 1. The van der Waals surface area contributed by atoms with Gasteiger partial charge in [-0.05, 0) is 33.3 Å². The molecule has 0 aliphatic heterocycles. The molecule has 1 amide bonds. The summed E-state index contributed by atoms with van der Waals surface area (Å²) >= 11 is 6.01. The number of aliphatic carboxylic acids is 1. The average Bonchev–Trinajstić information content (AvgIpc) is 2.68. The van der Waals surface area contributed by atoms with Crippen LogP contribution in [-0.2, 0) is 11.3 Å². The molecule has 0 bridgehead atoms. The van der Waals surface area contributed by atoms with Gasteiger partial charge in [0.15, 0.2) is 0 Å². The van der Waals surface area contributed by atoms with Gasteiger partial charge < -0.3 is 14.6 Å². The van der Waals surface area contributed by atoms with Crippen LogP contribution in [0.5, 0.6) is 0 Å². The smallest absolute Gasteiger partial charge is 0.305 e. The van der Waals surface area contributed by atoms with Crippen LogP contribution >= 0.6 is 11.6 Å². The third kappa shape index (κ3) is 4.77. The number of carbonyl (C=O) groups excluding carboxylic acids is 1. The van der Waals surface area contributed by atoms with Crippen molar-refractivity contribution >= 4 is 23.5 Å². The molecule has 0 aliphatic carbocycles. The summed E-state index contributed by atoms with van der Waals surface area (Å²) in [5, 5.41) is 9.37. The zero-order valence-electron chi connectivity index (χ0n) is 13.0. The standard InChI is InChI=1S/C15H23ClN2O3/c1-5-7-17-10-11(16)9-12(17)14(21)18(15(2,3)4)8-6-13(19)20/h9-10H,5-8H2,1-4H3,(H,19,20). The van der Waals surface area contributed by atoms with E-state index in [1.807, 2.05) is 32.3 Å². The molecule has 0 saturated carbocycles. The van der Waals surface area contributed by atoms with Crippen molar-refractivity contribution < 1.29 is 14.7 Å². The molecule has 0 radical (unpaired) electrons. The first-order valence-electron chi connectivity index (χ1n) is 7.06. The van der Waals surface area contributed by atoms with E-state index in [2.05, 4.69) is 0 Å². The van der Waals surface area contributed by atoms with Crippen molar-refractivity contribution in [2.24, 2.45) is 0 Å². The Morgan fingerprint density at radius 3 is 2.48 bits per heavy atom. The maximum atomic E-state index is 12.8. The van der Waals surface area contributed by atoms with Crippen molar-refractivity contribution in [1.82, 2.24) is 9.47 Å². The first-order chi connectivity index (χ1) is 9.66. The molecule has 0 aliphatic rings. The second-order valence-corrected chi connectivity index (χ2v) is 6.44. The first kappa shape index (κ1) is 17.6. The fraction of sp³-hybridized carbons (Fsp3) is 0.600. The molecule has 0 unspecified atom stereocenters. The van der Waals surface area contributed by atoms with Crippen molar-refractivity contribution in [3.8, 4) is 0 Å². The van der Waals surface area contributed by atoms with E-state index in [1.165, 1.54) is 0 Å². The Balaban J connectivity index is 3.07. The fourth-order valence-corrected chi connectivity index (χ4v) is 2.39. The van der Waals surface area contributed by atoms with Gasteiger partial charge in [-0.1, -0.05) is 18.5 Å². The quantitative estimate of drug-likeness (QED) is 0.876. The van der Waals surface area contributed by atoms with Crippen LogP contribution in [0.15, 0.2) is 12.3 Å². The van der Waals surface area contributed by atoms with Crippen LogP contribution in [0.2, 0.25) is 5.02 Å². The second-order valence-electron chi connectivity index (χ2n) is 6.01. The molecule has 1 N–H and O–H groups in total. The van der Waals surface area contributed by atoms with Gasteiger partial charge in [0.05, 0.1) is 11.4 Å². The zero-order chi connectivity index (χ0) is 16.2. The molecule has 0 fully saturated rings. The molecule has 0 saturated heterocycles. The molecule has 0 spiro atoms. The topological polar surface area (TPSA) is 62.5 Å². The van der Waals surface area contributed by atoms with Crippen LogP contribution in [0, 0.1) is 0 Å². The Kier molecular flexibility index (Phi) is 5.84. The van der Waals surface area contributed by atoms with Crippen LogP contribution in [0.3, 0.4) is 0 Å². The normalized spacial score (nSPS) is 11.5. The summed E-state index contributed by atoms with van der Waals surface area (Å²) in [5.74, 6) is -1.11. The van der Waals surface area contributed by atoms with Crippen molar-refractivity contribution in [2.45, 2.75) is 52.6 Å². The lowest BCUT2D eigenvalue weighted by atomic mass is 10.0. The molecule has 21 heavy (non-hydrogen) atoms. The molecule has 1 aromatic heterocycles. The Hall–Kier alpha value is -1.49. The molecule has 5 nitrogen and oxygen atoms in total. The van der Waals surface area contributed by atoms with Crippen LogP contribution < -0.4 is 0 Å². The molecule has 118 valence electrons. The van der Waals surface area contributed by atoms with E-state index in [0.29, 0.717) is 17.3 Å². The number of carbonyl (C=O) groups is 2. The van der Waals surface area contributed by atoms with Crippen LogP contribution in [-0.4, -0.2) is 38.5 Å². The predicted molar refractivity (Wildman–Crippen MR) is 82.8 cm³/mol. The van der Waals surface area contributed by atoms with E-state index >= 15 is 0 Å². The molecule has 6 heteroatoms. The number of aryl methyl sites for hydroxylation is 1. The number of hydrogen-bond donors (Lipinski definition) is 1. The minimum Gasteiger partial charge on any atom is -0.481 e. The maximum absolute atomic E-state index is 12.8. The van der Waals surface area contributed by atoms with Crippen molar-refractivity contribution in [2.75, 3.05) is 6.54 Å². The number of hydrogen-bond acceptors (Lipinski definition) is 2.